The number of ether oxygens (including phenoxy) is 1. The van der Waals surface area contributed by atoms with E-state index in [1.54, 1.807) is 43.2 Å². The third-order valence-corrected chi connectivity index (χ3v) is 5.63. The van der Waals surface area contributed by atoms with E-state index in [0.717, 1.165) is 35.3 Å². The highest BCUT2D eigenvalue weighted by Crippen LogP contribution is 2.27. The second-order valence-electron chi connectivity index (χ2n) is 7.98. The van der Waals surface area contributed by atoms with Crippen molar-refractivity contribution in [1.82, 2.24) is 24.9 Å². The fourth-order valence-corrected chi connectivity index (χ4v) is 3.71. The lowest BCUT2D eigenvalue weighted by Crippen LogP contribution is -2.28. The Balaban J connectivity index is 1.39. The SMILES string of the molecule is CNc1cc(Nc2cccc(-c3ccc(C=O)cn3)c2)nn2cc(C(=O)N[C@@H]3CC3OC)nc12. The number of rotatable bonds is 8. The number of hydrogen-bond donors (Lipinski definition) is 3. The number of fused-ring (bicyclic) bond motifs is 1. The van der Waals surface area contributed by atoms with E-state index in [1.165, 1.54) is 0 Å². The number of carbonyl (C=O) groups is 2. The Kier molecular flexibility index (Phi) is 5.64. The van der Waals surface area contributed by atoms with Gasteiger partial charge in [0.1, 0.15) is 5.69 Å². The van der Waals surface area contributed by atoms with Gasteiger partial charge < -0.3 is 20.7 Å². The first-order chi connectivity index (χ1) is 16.6. The number of nitrogens with one attached hydrogen (secondary N) is 3. The number of amides is 1. The van der Waals surface area contributed by atoms with Gasteiger partial charge in [0.05, 0.1) is 29.7 Å². The molecule has 0 bridgehead atoms. The lowest BCUT2D eigenvalue weighted by molar-refractivity contribution is 0.0930. The van der Waals surface area contributed by atoms with Crippen molar-refractivity contribution in [2.45, 2.75) is 18.6 Å². The number of methoxy groups -OCH3 is 1. The molecule has 172 valence electrons. The minimum absolute atomic E-state index is 0.0210. The Morgan fingerprint density at radius 3 is 2.82 bits per heavy atom. The van der Waals surface area contributed by atoms with Crippen LogP contribution in [-0.2, 0) is 4.74 Å². The summed E-state index contributed by atoms with van der Waals surface area (Å²) >= 11 is 0. The number of hydrogen-bond acceptors (Lipinski definition) is 8. The van der Waals surface area contributed by atoms with Crippen molar-refractivity contribution >= 4 is 35.0 Å². The number of imidazole rings is 1. The molecule has 1 aromatic carbocycles. The minimum Gasteiger partial charge on any atom is -0.385 e. The zero-order valence-electron chi connectivity index (χ0n) is 18.6. The molecular formula is C24H23N7O3. The lowest BCUT2D eigenvalue weighted by Gasteiger charge is -2.10. The Bertz CT molecular complexity index is 1370. The minimum atomic E-state index is -0.257. The van der Waals surface area contributed by atoms with Crippen molar-refractivity contribution in [3.63, 3.8) is 0 Å². The summed E-state index contributed by atoms with van der Waals surface area (Å²) in [7, 11) is 3.42. The molecule has 3 heterocycles. The molecule has 1 aliphatic carbocycles. The third-order valence-electron chi connectivity index (χ3n) is 5.63. The van der Waals surface area contributed by atoms with Crippen LogP contribution in [0.25, 0.3) is 16.9 Å². The van der Waals surface area contributed by atoms with Gasteiger partial charge in [-0.2, -0.15) is 0 Å². The van der Waals surface area contributed by atoms with Crippen LogP contribution in [0.5, 0.6) is 0 Å². The van der Waals surface area contributed by atoms with Gasteiger partial charge in [0, 0.05) is 43.2 Å². The number of carbonyl (C=O) groups excluding carboxylic acids is 2. The molecule has 10 nitrogen and oxygen atoms in total. The zero-order chi connectivity index (χ0) is 23.7. The predicted octanol–water partition coefficient (Wildman–Crippen LogP) is 2.91. The normalized spacial score (nSPS) is 16.8. The second-order valence-corrected chi connectivity index (χ2v) is 7.98. The van der Waals surface area contributed by atoms with E-state index in [2.05, 4.69) is 31.0 Å². The molecule has 3 N–H and O–H groups in total. The molecule has 10 heteroatoms. The van der Waals surface area contributed by atoms with Crippen LogP contribution in [0.3, 0.4) is 0 Å². The van der Waals surface area contributed by atoms with Crippen LogP contribution < -0.4 is 16.0 Å². The quantitative estimate of drug-likeness (QED) is 0.345. The standard InChI is InChI=1S/C24H23N7O3/c1-25-19-10-22(27-16-5-3-4-15(8-16)17-7-6-14(13-32)11-26-17)30-31-12-20(28-23(19)31)24(33)29-18-9-21(18)34-2/h3-8,10-13,18,21,25H,9H2,1-2H3,(H,27,30)(H,29,33)/t18-,21?/m1/s1. The van der Waals surface area contributed by atoms with Crippen molar-refractivity contribution in [1.29, 1.82) is 0 Å². The maximum atomic E-state index is 12.6. The van der Waals surface area contributed by atoms with Crippen molar-refractivity contribution in [3.8, 4) is 11.3 Å². The third kappa shape index (κ3) is 4.30. The van der Waals surface area contributed by atoms with Crippen LogP contribution >= 0.6 is 0 Å². The molecule has 1 amide bonds. The van der Waals surface area contributed by atoms with Crippen LogP contribution in [0.15, 0.2) is 54.9 Å². The van der Waals surface area contributed by atoms with Gasteiger partial charge in [-0.1, -0.05) is 12.1 Å². The average Bonchev–Trinajstić information content (AvgIpc) is 3.48. The van der Waals surface area contributed by atoms with E-state index in [0.29, 0.717) is 17.0 Å². The molecule has 0 saturated heterocycles. The monoisotopic (exact) mass is 457 g/mol. The second kappa shape index (κ2) is 8.91. The summed E-state index contributed by atoms with van der Waals surface area (Å²) in [5, 5.41) is 13.9. The molecule has 2 atom stereocenters. The average molecular weight is 457 g/mol. The van der Waals surface area contributed by atoms with Crippen molar-refractivity contribution in [3.05, 3.63) is 66.1 Å². The molecule has 1 aliphatic rings. The fourth-order valence-electron chi connectivity index (χ4n) is 3.71. The van der Waals surface area contributed by atoms with E-state index in [9.17, 15) is 9.59 Å². The molecule has 5 rings (SSSR count). The first-order valence-corrected chi connectivity index (χ1v) is 10.8. The molecule has 1 unspecified atom stereocenters. The molecule has 3 aromatic heterocycles. The highest BCUT2D eigenvalue weighted by molar-refractivity contribution is 5.94. The number of aldehydes is 1. The maximum Gasteiger partial charge on any atom is 0.271 e. The summed E-state index contributed by atoms with van der Waals surface area (Å²) in [6, 6.07) is 13.1. The maximum absolute atomic E-state index is 12.6. The van der Waals surface area contributed by atoms with E-state index >= 15 is 0 Å². The topological polar surface area (TPSA) is 123 Å². The van der Waals surface area contributed by atoms with Gasteiger partial charge in [0.15, 0.2) is 17.8 Å². The predicted molar refractivity (Wildman–Crippen MR) is 128 cm³/mol. The summed E-state index contributed by atoms with van der Waals surface area (Å²) < 4.78 is 6.81. The molecule has 4 aromatic rings. The van der Waals surface area contributed by atoms with E-state index in [1.807, 2.05) is 30.3 Å². The molecule has 0 spiro atoms. The Morgan fingerprint density at radius 2 is 2.12 bits per heavy atom. The number of nitrogens with zero attached hydrogens (tertiary/aromatic N) is 4. The first kappa shape index (κ1) is 21.5. The number of pyridine rings is 1. The van der Waals surface area contributed by atoms with Gasteiger partial charge in [0.2, 0.25) is 0 Å². The zero-order valence-corrected chi connectivity index (χ0v) is 18.6. The van der Waals surface area contributed by atoms with Crippen LogP contribution in [0.1, 0.15) is 27.3 Å². The van der Waals surface area contributed by atoms with Crippen molar-refractivity contribution < 1.29 is 14.3 Å². The van der Waals surface area contributed by atoms with Crippen molar-refractivity contribution in [2.75, 3.05) is 24.8 Å². The summed E-state index contributed by atoms with van der Waals surface area (Å²) in [5.74, 6) is 0.316. The first-order valence-electron chi connectivity index (χ1n) is 10.8. The number of benzene rings is 1. The molecule has 34 heavy (non-hydrogen) atoms. The highest BCUT2D eigenvalue weighted by atomic mass is 16.5. The van der Waals surface area contributed by atoms with E-state index in [-0.39, 0.29) is 23.7 Å². The summed E-state index contributed by atoms with van der Waals surface area (Å²) in [6.45, 7) is 0. The van der Waals surface area contributed by atoms with Gasteiger partial charge in [-0.3, -0.25) is 14.6 Å². The van der Waals surface area contributed by atoms with Crippen LogP contribution in [-0.4, -0.2) is 58.1 Å². The Labute approximate surface area is 195 Å². The lowest BCUT2D eigenvalue weighted by atomic mass is 10.1. The summed E-state index contributed by atoms with van der Waals surface area (Å²) in [6.07, 6.45) is 4.79. The summed E-state index contributed by atoms with van der Waals surface area (Å²) in [4.78, 5) is 32.3. The molecule has 0 radical (unpaired) electrons. The van der Waals surface area contributed by atoms with Crippen molar-refractivity contribution in [2.24, 2.45) is 0 Å². The van der Waals surface area contributed by atoms with Gasteiger partial charge in [-0.15, -0.1) is 5.10 Å². The van der Waals surface area contributed by atoms with E-state index < -0.39 is 0 Å². The summed E-state index contributed by atoms with van der Waals surface area (Å²) in [5.41, 5.74) is 4.54. The van der Waals surface area contributed by atoms with Gasteiger partial charge in [-0.05, 0) is 30.7 Å². The fraction of sp³-hybridized carbons (Fsp3) is 0.208. The van der Waals surface area contributed by atoms with Crippen LogP contribution in [0.4, 0.5) is 17.2 Å². The highest BCUT2D eigenvalue weighted by Gasteiger charge is 2.39. The van der Waals surface area contributed by atoms with E-state index in [4.69, 9.17) is 4.74 Å². The van der Waals surface area contributed by atoms with Gasteiger partial charge in [0.25, 0.3) is 5.91 Å². The Morgan fingerprint density at radius 1 is 1.24 bits per heavy atom. The molecular weight excluding hydrogens is 434 g/mol. The number of aromatic nitrogens is 4. The van der Waals surface area contributed by atoms with Crippen LogP contribution in [0, 0.1) is 0 Å². The van der Waals surface area contributed by atoms with Crippen LogP contribution in [0.2, 0.25) is 0 Å². The largest absolute Gasteiger partial charge is 0.385 e. The molecule has 1 fully saturated rings. The van der Waals surface area contributed by atoms with Gasteiger partial charge >= 0.3 is 0 Å². The Hall–Kier alpha value is -4.31. The smallest absolute Gasteiger partial charge is 0.271 e. The molecule has 0 aliphatic heterocycles. The number of anilines is 3. The molecule has 1 saturated carbocycles. The van der Waals surface area contributed by atoms with Gasteiger partial charge in [-0.25, -0.2) is 9.50 Å².